The smallest absolute Gasteiger partial charge is 0.371 e. The minimum atomic E-state index is -1.05. The fourth-order valence-corrected chi connectivity index (χ4v) is 2.06. The lowest BCUT2D eigenvalue weighted by Crippen LogP contribution is -1.91. The molecule has 78 valence electrons. The number of carboxylic acid groups (broad SMARTS) is 1. The molecule has 0 saturated heterocycles. The minimum Gasteiger partial charge on any atom is -0.475 e. The Morgan fingerprint density at radius 3 is 2.80 bits per heavy atom. The van der Waals surface area contributed by atoms with E-state index >= 15 is 0 Å². The highest BCUT2D eigenvalue weighted by molar-refractivity contribution is 9.10. The van der Waals surface area contributed by atoms with Crippen molar-refractivity contribution in [3.63, 3.8) is 0 Å². The van der Waals surface area contributed by atoms with Gasteiger partial charge < -0.3 is 9.52 Å². The lowest BCUT2D eigenvalue weighted by atomic mass is 10.1. The van der Waals surface area contributed by atoms with E-state index in [0.717, 1.165) is 21.8 Å². The predicted molar refractivity (Wildman–Crippen MR) is 60.3 cm³/mol. The van der Waals surface area contributed by atoms with Crippen LogP contribution in [0.5, 0.6) is 0 Å². The molecule has 2 aromatic rings. The summed E-state index contributed by atoms with van der Waals surface area (Å²) in [5.41, 5.74) is 1.72. The first-order valence-electron chi connectivity index (χ1n) is 4.57. The van der Waals surface area contributed by atoms with Gasteiger partial charge in [0.2, 0.25) is 5.76 Å². The summed E-state index contributed by atoms with van der Waals surface area (Å²) in [6, 6.07) is 5.37. The van der Waals surface area contributed by atoms with Crippen LogP contribution in [0, 0.1) is 0 Å². The van der Waals surface area contributed by atoms with E-state index in [2.05, 4.69) is 15.9 Å². The molecule has 1 aromatic carbocycles. The monoisotopic (exact) mass is 268 g/mol. The van der Waals surface area contributed by atoms with Crippen LogP contribution in [0.3, 0.4) is 0 Å². The van der Waals surface area contributed by atoms with Crippen molar-refractivity contribution in [3.8, 4) is 0 Å². The van der Waals surface area contributed by atoms with Crippen LogP contribution < -0.4 is 0 Å². The second-order valence-corrected chi connectivity index (χ2v) is 4.11. The van der Waals surface area contributed by atoms with Gasteiger partial charge in [-0.1, -0.05) is 22.9 Å². The Morgan fingerprint density at radius 2 is 2.20 bits per heavy atom. The van der Waals surface area contributed by atoms with Gasteiger partial charge in [0, 0.05) is 15.9 Å². The van der Waals surface area contributed by atoms with Gasteiger partial charge in [-0.3, -0.25) is 0 Å². The number of hydrogen-bond acceptors (Lipinski definition) is 2. The summed E-state index contributed by atoms with van der Waals surface area (Å²) in [7, 11) is 0. The van der Waals surface area contributed by atoms with Crippen molar-refractivity contribution in [2.75, 3.05) is 0 Å². The summed E-state index contributed by atoms with van der Waals surface area (Å²) in [6.45, 7) is 2.04. The lowest BCUT2D eigenvalue weighted by molar-refractivity contribution is 0.0665. The largest absolute Gasteiger partial charge is 0.475 e. The van der Waals surface area contributed by atoms with E-state index in [-0.39, 0.29) is 5.76 Å². The van der Waals surface area contributed by atoms with Crippen molar-refractivity contribution >= 4 is 32.9 Å². The molecule has 0 aliphatic carbocycles. The number of rotatable bonds is 2. The van der Waals surface area contributed by atoms with E-state index in [0.29, 0.717) is 5.58 Å². The minimum absolute atomic E-state index is 0.0287. The molecule has 1 heterocycles. The maximum Gasteiger partial charge on any atom is 0.371 e. The molecule has 0 bridgehead atoms. The summed E-state index contributed by atoms with van der Waals surface area (Å²) in [5, 5.41) is 9.59. The first-order valence-corrected chi connectivity index (χ1v) is 5.36. The number of carbonyl (C=O) groups is 1. The maximum absolute atomic E-state index is 10.7. The number of halogens is 1. The second kappa shape index (κ2) is 3.70. The number of aryl methyl sites for hydroxylation is 1. The van der Waals surface area contributed by atoms with Crippen LogP contribution in [0.2, 0.25) is 0 Å². The molecule has 0 unspecified atom stereocenters. The van der Waals surface area contributed by atoms with Crippen molar-refractivity contribution < 1.29 is 14.3 Å². The Balaban J connectivity index is 2.69. The fraction of sp³-hybridized carbons (Fsp3) is 0.182. The molecule has 0 amide bonds. The van der Waals surface area contributed by atoms with Gasteiger partial charge >= 0.3 is 5.97 Å². The summed E-state index contributed by atoms with van der Waals surface area (Å²) in [5.74, 6) is -1.07. The van der Waals surface area contributed by atoms with Gasteiger partial charge in [-0.2, -0.15) is 0 Å². The Labute approximate surface area is 94.8 Å². The van der Waals surface area contributed by atoms with Crippen molar-refractivity contribution in [2.45, 2.75) is 13.3 Å². The zero-order valence-corrected chi connectivity index (χ0v) is 9.67. The third-order valence-corrected chi connectivity index (χ3v) is 2.92. The van der Waals surface area contributed by atoms with E-state index in [1.807, 2.05) is 19.1 Å². The molecular formula is C11H9BrO3. The zero-order valence-electron chi connectivity index (χ0n) is 8.08. The van der Waals surface area contributed by atoms with Crippen molar-refractivity contribution in [3.05, 3.63) is 34.0 Å². The highest BCUT2D eigenvalue weighted by Gasteiger charge is 2.12. The molecule has 4 heteroatoms. The SMILES string of the molecule is CCc1cc(Br)c2cc(C(=O)O)oc2c1. The molecule has 0 spiro atoms. The van der Waals surface area contributed by atoms with Gasteiger partial charge in [-0.15, -0.1) is 0 Å². The standard InChI is InChI=1S/C11H9BrO3/c1-2-6-3-8(12)7-5-10(11(13)14)15-9(7)4-6/h3-5H,2H2,1H3,(H,13,14). The molecule has 15 heavy (non-hydrogen) atoms. The van der Waals surface area contributed by atoms with Crippen molar-refractivity contribution in [1.29, 1.82) is 0 Å². The van der Waals surface area contributed by atoms with Gasteiger partial charge in [-0.05, 0) is 24.1 Å². The highest BCUT2D eigenvalue weighted by atomic mass is 79.9. The number of benzene rings is 1. The quantitative estimate of drug-likeness (QED) is 0.908. The van der Waals surface area contributed by atoms with E-state index in [9.17, 15) is 4.79 Å². The van der Waals surface area contributed by atoms with Crippen molar-refractivity contribution in [1.82, 2.24) is 0 Å². The van der Waals surface area contributed by atoms with Crippen LogP contribution in [-0.2, 0) is 6.42 Å². The molecule has 2 rings (SSSR count). The number of hydrogen-bond donors (Lipinski definition) is 1. The molecule has 0 radical (unpaired) electrons. The normalized spacial score (nSPS) is 10.8. The van der Waals surface area contributed by atoms with Gasteiger partial charge in [0.25, 0.3) is 0 Å². The van der Waals surface area contributed by atoms with Crippen LogP contribution in [-0.4, -0.2) is 11.1 Å². The Hall–Kier alpha value is -1.29. The molecule has 0 fully saturated rings. The van der Waals surface area contributed by atoms with Gasteiger partial charge in [-0.25, -0.2) is 4.79 Å². The van der Waals surface area contributed by atoms with E-state index < -0.39 is 5.97 Å². The summed E-state index contributed by atoms with van der Waals surface area (Å²) < 4.78 is 6.09. The van der Waals surface area contributed by atoms with E-state index in [1.54, 1.807) is 0 Å². The van der Waals surface area contributed by atoms with Crippen LogP contribution in [0.15, 0.2) is 27.1 Å². The third-order valence-electron chi connectivity index (χ3n) is 2.27. The number of furan rings is 1. The van der Waals surface area contributed by atoms with Crippen molar-refractivity contribution in [2.24, 2.45) is 0 Å². The molecule has 0 aliphatic heterocycles. The van der Waals surface area contributed by atoms with Crippen LogP contribution >= 0.6 is 15.9 Å². The fourth-order valence-electron chi connectivity index (χ4n) is 1.46. The summed E-state index contributed by atoms with van der Waals surface area (Å²) in [4.78, 5) is 10.7. The predicted octanol–water partition coefficient (Wildman–Crippen LogP) is 3.46. The second-order valence-electron chi connectivity index (χ2n) is 3.26. The number of aromatic carboxylic acids is 1. The van der Waals surface area contributed by atoms with E-state index in [1.165, 1.54) is 6.07 Å². The molecule has 1 N–H and O–H groups in total. The summed E-state index contributed by atoms with van der Waals surface area (Å²) >= 11 is 3.40. The topological polar surface area (TPSA) is 50.4 Å². The highest BCUT2D eigenvalue weighted by Crippen LogP contribution is 2.29. The van der Waals surface area contributed by atoms with Gasteiger partial charge in [0.15, 0.2) is 0 Å². The number of fused-ring (bicyclic) bond motifs is 1. The Bertz CT molecular complexity index is 528. The number of carboxylic acids is 1. The third kappa shape index (κ3) is 1.77. The van der Waals surface area contributed by atoms with Crippen LogP contribution in [0.25, 0.3) is 11.0 Å². The molecule has 0 saturated carbocycles. The zero-order chi connectivity index (χ0) is 11.0. The Morgan fingerprint density at radius 1 is 1.47 bits per heavy atom. The van der Waals surface area contributed by atoms with Gasteiger partial charge in [0.1, 0.15) is 5.58 Å². The Kier molecular flexibility index (Phi) is 2.52. The lowest BCUT2D eigenvalue weighted by Gasteiger charge is -1.98. The van der Waals surface area contributed by atoms with Crippen LogP contribution in [0.4, 0.5) is 0 Å². The molecule has 3 nitrogen and oxygen atoms in total. The molecule has 1 aromatic heterocycles. The molecule has 0 aliphatic rings. The average molecular weight is 269 g/mol. The van der Waals surface area contributed by atoms with Crippen LogP contribution in [0.1, 0.15) is 23.0 Å². The van der Waals surface area contributed by atoms with E-state index in [4.69, 9.17) is 9.52 Å². The maximum atomic E-state index is 10.7. The first kappa shape index (κ1) is 10.2. The molecule has 0 atom stereocenters. The average Bonchev–Trinajstić information content (AvgIpc) is 2.61. The summed E-state index contributed by atoms with van der Waals surface area (Å²) in [6.07, 6.45) is 0.887. The van der Waals surface area contributed by atoms with Gasteiger partial charge in [0.05, 0.1) is 0 Å². The molecular weight excluding hydrogens is 260 g/mol. The first-order chi connectivity index (χ1) is 7.11.